The van der Waals surface area contributed by atoms with Crippen LogP contribution in [0, 0.1) is 11.3 Å². The molecular formula is C20H17N5O3. The van der Waals surface area contributed by atoms with E-state index in [4.69, 9.17) is 14.7 Å². The van der Waals surface area contributed by atoms with Crippen molar-refractivity contribution in [2.75, 3.05) is 24.9 Å². The smallest absolute Gasteiger partial charge is 0.275 e. The first-order valence-electron chi connectivity index (χ1n) is 8.25. The lowest BCUT2D eigenvalue weighted by molar-refractivity contribution is 0.102. The van der Waals surface area contributed by atoms with Crippen molar-refractivity contribution in [2.45, 2.75) is 0 Å². The van der Waals surface area contributed by atoms with Crippen molar-refractivity contribution in [2.24, 2.45) is 0 Å². The maximum absolute atomic E-state index is 12.5. The second kappa shape index (κ2) is 8.51. The molecule has 28 heavy (non-hydrogen) atoms. The normalized spacial score (nSPS) is 9.89. The third-order valence-electron chi connectivity index (χ3n) is 3.83. The van der Waals surface area contributed by atoms with Crippen LogP contribution in [0.1, 0.15) is 16.1 Å². The lowest BCUT2D eigenvalue weighted by Gasteiger charge is -2.11. The Balaban J connectivity index is 1.70. The Hall–Kier alpha value is -4.12. The molecule has 2 aromatic carbocycles. The van der Waals surface area contributed by atoms with Gasteiger partial charge in [0, 0.05) is 11.8 Å². The van der Waals surface area contributed by atoms with Gasteiger partial charge in [0.1, 0.15) is 23.0 Å². The molecule has 0 unspecified atom stereocenters. The van der Waals surface area contributed by atoms with Crippen molar-refractivity contribution in [1.29, 1.82) is 5.26 Å². The van der Waals surface area contributed by atoms with Crippen LogP contribution in [0.25, 0.3) is 0 Å². The third-order valence-corrected chi connectivity index (χ3v) is 3.83. The van der Waals surface area contributed by atoms with E-state index >= 15 is 0 Å². The van der Waals surface area contributed by atoms with Crippen molar-refractivity contribution in [3.8, 4) is 17.6 Å². The number of rotatable bonds is 6. The van der Waals surface area contributed by atoms with E-state index in [1.165, 1.54) is 19.5 Å². The number of hydrogen-bond donors (Lipinski definition) is 2. The number of methoxy groups -OCH3 is 2. The summed E-state index contributed by atoms with van der Waals surface area (Å²) < 4.78 is 10.4. The third kappa shape index (κ3) is 4.34. The van der Waals surface area contributed by atoms with Crippen LogP contribution >= 0.6 is 0 Å². The van der Waals surface area contributed by atoms with Gasteiger partial charge in [-0.15, -0.1) is 0 Å². The molecule has 0 aliphatic carbocycles. The van der Waals surface area contributed by atoms with Gasteiger partial charge >= 0.3 is 0 Å². The minimum Gasteiger partial charge on any atom is -0.497 e. The number of nitrogens with one attached hydrogen (secondary N) is 2. The first-order chi connectivity index (χ1) is 13.6. The molecule has 0 fully saturated rings. The monoisotopic (exact) mass is 375 g/mol. The van der Waals surface area contributed by atoms with E-state index in [9.17, 15) is 4.79 Å². The number of amides is 1. The van der Waals surface area contributed by atoms with E-state index in [0.29, 0.717) is 28.6 Å². The lowest BCUT2D eigenvalue weighted by atomic mass is 10.2. The predicted octanol–water partition coefficient (Wildman–Crippen LogP) is 3.36. The highest BCUT2D eigenvalue weighted by molar-refractivity contribution is 6.03. The fourth-order valence-corrected chi connectivity index (χ4v) is 2.38. The summed E-state index contributed by atoms with van der Waals surface area (Å²) in [4.78, 5) is 20.8. The van der Waals surface area contributed by atoms with Crippen LogP contribution in [0.5, 0.6) is 11.5 Å². The summed E-state index contributed by atoms with van der Waals surface area (Å²) >= 11 is 0. The van der Waals surface area contributed by atoms with Crippen LogP contribution in [0.3, 0.4) is 0 Å². The number of ether oxygens (including phenoxy) is 2. The molecule has 140 valence electrons. The zero-order valence-corrected chi connectivity index (χ0v) is 15.3. The number of benzene rings is 2. The molecule has 3 aromatic rings. The van der Waals surface area contributed by atoms with Gasteiger partial charge in [0.05, 0.1) is 43.9 Å². The second-order valence-electron chi connectivity index (χ2n) is 5.62. The van der Waals surface area contributed by atoms with E-state index < -0.39 is 5.91 Å². The molecule has 0 radical (unpaired) electrons. The molecule has 0 bridgehead atoms. The minimum absolute atomic E-state index is 0.148. The van der Waals surface area contributed by atoms with E-state index in [1.54, 1.807) is 49.6 Å². The Kier molecular flexibility index (Phi) is 5.67. The maximum Gasteiger partial charge on any atom is 0.275 e. The molecule has 0 saturated carbocycles. The summed E-state index contributed by atoms with van der Waals surface area (Å²) in [5, 5.41) is 14.6. The van der Waals surface area contributed by atoms with Crippen LogP contribution in [-0.2, 0) is 0 Å². The Morgan fingerprint density at radius 2 is 1.82 bits per heavy atom. The van der Waals surface area contributed by atoms with Crippen molar-refractivity contribution >= 4 is 23.1 Å². The molecule has 1 heterocycles. The molecule has 3 rings (SSSR count). The summed E-state index contributed by atoms with van der Waals surface area (Å²) in [7, 11) is 3.05. The molecule has 0 saturated heterocycles. The summed E-state index contributed by atoms with van der Waals surface area (Å²) in [6, 6.07) is 14.1. The maximum atomic E-state index is 12.5. The molecule has 0 atom stereocenters. The Morgan fingerprint density at radius 1 is 1.04 bits per heavy atom. The largest absolute Gasteiger partial charge is 0.497 e. The number of nitrogens with zero attached hydrogens (tertiary/aromatic N) is 3. The summed E-state index contributed by atoms with van der Waals surface area (Å²) in [5.41, 5.74) is 1.94. The van der Waals surface area contributed by atoms with Gasteiger partial charge in [0.2, 0.25) is 0 Å². The molecule has 8 heteroatoms. The lowest BCUT2D eigenvalue weighted by Crippen LogP contribution is -2.15. The number of carbonyl (C=O) groups is 1. The SMILES string of the molecule is COc1ccc(OC)c(NC(=O)c2cnc(Nc3ccc(C#N)cc3)cn2)c1. The Morgan fingerprint density at radius 3 is 2.43 bits per heavy atom. The fourth-order valence-electron chi connectivity index (χ4n) is 2.38. The van der Waals surface area contributed by atoms with E-state index in [1.807, 2.05) is 0 Å². The zero-order chi connectivity index (χ0) is 19.9. The molecule has 0 aliphatic rings. The molecule has 2 N–H and O–H groups in total. The highest BCUT2D eigenvalue weighted by atomic mass is 16.5. The van der Waals surface area contributed by atoms with Crippen molar-refractivity contribution < 1.29 is 14.3 Å². The van der Waals surface area contributed by atoms with Crippen LogP contribution in [0.4, 0.5) is 17.2 Å². The number of nitriles is 1. The fraction of sp³-hybridized carbons (Fsp3) is 0.100. The first-order valence-corrected chi connectivity index (χ1v) is 8.25. The van der Waals surface area contributed by atoms with Gasteiger partial charge in [0.15, 0.2) is 0 Å². The second-order valence-corrected chi connectivity index (χ2v) is 5.62. The molecular weight excluding hydrogens is 358 g/mol. The summed E-state index contributed by atoms with van der Waals surface area (Å²) in [5.74, 6) is 1.13. The zero-order valence-electron chi connectivity index (χ0n) is 15.3. The minimum atomic E-state index is -0.427. The molecule has 1 amide bonds. The van der Waals surface area contributed by atoms with Crippen LogP contribution in [-0.4, -0.2) is 30.1 Å². The molecule has 0 spiro atoms. The summed E-state index contributed by atoms with van der Waals surface area (Å²) in [6.07, 6.45) is 2.82. The van der Waals surface area contributed by atoms with Gasteiger partial charge in [-0.25, -0.2) is 9.97 Å². The van der Waals surface area contributed by atoms with Gasteiger partial charge in [-0.1, -0.05) is 0 Å². The number of carbonyl (C=O) groups excluding carboxylic acids is 1. The molecule has 1 aromatic heterocycles. The Bertz CT molecular complexity index is 1010. The quantitative estimate of drug-likeness (QED) is 0.680. The van der Waals surface area contributed by atoms with Crippen LogP contribution in [0.2, 0.25) is 0 Å². The highest BCUT2D eigenvalue weighted by Gasteiger charge is 2.13. The average molecular weight is 375 g/mol. The predicted molar refractivity (Wildman–Crippen MR) is 104 cm³/mol. The van der Waals surface area contributed by atoms with Gasteiger partial charge in [0.25, 0.3) is 5.91 Å². The standard InChI is InChI=1S/C20H17N5O3/c1-27-15-7-8-18(28-2)16(9-15)25-20(26)17-11-23-19(12-22-17)24-14-5-3-13(10-21)4-6-14/h3-9,11-12H,1-2H3,(H,23,24)(H,25,26). The first kappa shape index (κ1) is 18.7. The highest BCUT2D eigenvalue weighted by Crippen LogP contribution is 2.29. The van der Waals surface area contributed by atoms with Gasteiger partial charge in [-0.3, -0.25) is 4.79 Å². The topological polar surface area (TPSA) is 109 Å². The van der Waals surface area contributed by atoms with E-state index in [0.717, 1.165) is 5.69 Å². The average Bonchev–Trinajstić information content (AvgIpc) is 2.74. The van der Waals surface area contributed by atoms with Gasteiger partial charge < -0.3 is 20.1 Å². The molecule has 8 nitrogen and oxygen atoms in total. The number of aromatic nitrogens is 2. The molecule has 0 aliphatic heterocycles. The number of hydrogen-bond acceptors (Lipinski definition) is 7. The van der Waals surface area contributed by atoms with Gasteiger partial charge in [-0.05, 0) is 36.4 Å². The van der Waals surface area contributed by atoms with Gasteiger partial charge in [-0.2, -0.15) is 5.26 Å². The van der Waals surface area contributed by atoms with Crippen molar-refractivity contribution in [3.05, 3.63) is 66.1 Å². The van der Waals surface area contributed by atoms with Crippen molar-refractivity contribution in [1.82, 2.24) is 9.97 Å². The Labute approximate surface area is 161 Å². The number of anilines is 3. The van der Waals surface area contributed by atoms with E-state index in [-0.39, 0.29) is 5.69 Å². The summed E-state index contributed by atoms with van der Waals surface area (Å²) in [6.45, 7) is 0. The van der Waals surface area contributed by atoms with Crippen molar-refractivity contribution in [3.63, 3.8) is 0 Å². The van der Waals surface area contributed by atoms with E-state index in [2.05, 4.69) is 26.7 Å². The van der Waals surface area contributed by atoms with Crippen LogP contribution < -0.4 is 20.1 Å². The van der Waals surface area contributed by atoms with Crippen LogP contribution in [0.15, 0.2) is 54.9 Å².